The largest absolute Gasteiger partial charge is 0.307 e. The zero-order chi connectivity index (χ0) is 12.3. The van der Waals surface area contributed by atoms with E-state index < -0.39 is 0 Å². The number of nitrogens with one attached hydrogen (secondary N) is 1. The van der Waals surface area contributed by atoms with Gasteiger partial charge in [-0.2, -0.15) is 0 Å². The van der Waals surface area contributed by atoms with Gasteiger partial charge in [-0.1, -0.05) is 30.4 Å². The van der Waals surface area contributed by atoms with Gasteiger partial charge >= 0.3 is 0 Å². The van der Waals surface area contributed by atoms with Gasteiger partial charge in [-0.15, -0.1) is 0 Å². The lowest BCUT2D eigenvalue weighted by Gasteiger charge is -2.19. The number of hydrogen-bond acceptors (Lipinski definition) is 3. The van der Waals surface area contributed by atoms with Crippen molar-refractivity contribution in [2.75, 3.05) is 0 Å². The van der Waals surface area contributed by atoms with Crippen molar-refractivity contribution in [3.63, 3.8) is 0 Å². The minimum atomic E-state index is -0.319. The van der Waals surface area contributed by atoms with Crippen molar-refractivity contribution < 1.29 is 4.92 Å². The van der Waals surface area contributed by atoms with Crippen LogP contribution in [0.1, 0.15) is 31.4 Å². The van der Waals surface area contributed by atoms with Crippen molar-refractivity contribution in [2.45, 2.75) is 31.8 Å². The molecule has 1 aromatic rings. The molecule has 0 bridgehead atoms. The van der Waals surface area contributed by atoms with Gasteiger partial charge in [0.15, 0.2) is 0 Å². The molecule has 1 atom stereocenters. The van der Waals surface area contributed by atoms with E-state index in [4.69, 9.17) is 0 Å². The van der Waals surface area contributed by atoms with Crippen LogP contribution in [0.5, 0.6) is 0 Å². The van der Waals surface area contributed by atoms with Crippen LogP contribution in [0.4, 0.5) is 5.69 Å². The number of para-hydroxylation sites is 1. The standard InChI is InChI=1S/C13H16N2O2/c1-10(14-11-6-2-3-7-11)12-8-4-5-9-13(12)15(16)17/h2-5,8-11,14H,6-7H2,1H3. The molecule has 4 heteroatoms. The monoisotopic (exact) mass is 232 g/mol. The van der Waals surface area contributed by atoms with Crippen LogP contribution in [0.25, 0.3) is 0 Å². The molecule has 17 heavy (non-hydrogen) atoms. The van der Waals surface area contributed by atoms with E-state index in [-0.39, 0.29) is 16.7 Å². The molecule has 0 aromatic heterocycles. The second-order valence-electron chi connectivity index (χ2n) is 4.34. The van der Waals surface area contributed by atoms with Gasteiger partial charge in [0.25, 0.3) is 5.69 Å². The Kier molecular flexibility index (Phi) is 3.54. The normalized spacial score (nSPS) is 17.2. The average Bonchev–Trinajstić information content (AvgIpc) is 2.81. The quantitative estimate of drug-likeness (QED) is 0.493. The summed E-state index contributed by atoms with van der Waals surface area (Å²) in [7, 11) is 0. The summed E-state index contributed by atoms with van der Waals surface area (Å²) in [5, 5.41) is 14.4. The summed E-state index contributed by atoms with van der Waals surface area (Å²) in [5.41, 5.74) is 0.947. The Hall–Kier alpha value is -1.68. The van der Waals surface area contributed by atoms with Gasteiger partial charge in [0, 0.05) is 23.7 Å². The van der Waals surface area contributed by atoms with Gasteiger partial charge in [0.2, 0.25) is 0 Å². The first-order valence-electron chi connectivity index (χ1n) is 5.83. The molecule has 90 valence electrons. The van der Waals surface area contributed by atoms with Crippen LogP contribution in [0, 0.1) is 10.1 Å². The maximum atomic E-state index is 10.9. The topological polar surface area (TPSA) is 55.2 Å². The number of rotatable bonds is 4. The highest BCUT2D eigenvalue weighted by molar-refractivity contribution is 5.41. The molecular formula is C13H16N2O2. The van der Waals surface area contributed by atoms with Crippen LogP contribution in [-0.4, -0.2) is 11.0 Å². The van der Waals surface area contributed by atoms with E-state index in [1.807, 2.05) is 19.1 Å². The first-order valence-corrected chi connectivity index (χ1v) is 5.83. The first-order chi connectivity index (χ1) is 8.18. The molecule has 4 nitrogen and oxygen atoms in total. The fourth-order valence-corrected chi connectivity index (χ4v) is 2.22. The van der Waals surface area contributed by atoms with Crippen LogP contribution >= 0.6 is 0 Å². The second-order valence-corrected chi connectivity index (χ2v) is 4.34. The summed E-state index contributed by atoms with van der Waals surface area (Å²) < 4.78 is 0. The van der Waals surface area contributed by atoms with Crippen LogP contribution in [0.3, 0.4) is 0 Å². The molecular weight excluding hydrogens is 216 g/mol. The third-order valence-electron chi connectivity index (χ3n) is 3.09. The molecule has 0 spiro atoms. The van der Waals surface area contributed by atoms with E-state index in [1.165, 1.54) is 0 Å². The van der Waals surface area contributed by atoms with Gasteiger partial charge < -0.3 is 5.32 Å². The summed E-state index contributed by atoms with van der Waals surface area (Å²) >= 11 is 0. The first kappa shape index (κ1) is 11.8. The smallest absolute Gasteiger partial charge is 0.274 e. The minimum absolute atomic E-state index is 0.00139. The predicted molar refractivity (Wildman–Crippen MR) is 66.8 cm³/mol. The molecule has 1 N–H and O–H groups in total. The fourth-order valence-electron chi connectivity index (χ4n) is 2.22. The predicted octanol–water partition coefficient (Wildman–Crippen LogP) is 2.96. The zero-order valence-corrected chi connectivity index (χ0v) is 9.80. The lowest BCUT2D eigenvalue weighted by Crippen LogP contribution is -2.29. The summed E-state index contributed by atoms with van der Waals surface area (Å²) in [6.45, 7) is 1.97. The van der Waals surface area contributed by atoms with E-state index in [0.717, 1.165) is 18.4 Å². The molecule has 0 saturated carbocycles. The number of nitrogens with zero attached hydrogens (tertiary/aromatic N) is 1. The highest BCUT2D eigenvalue weighted by atomic mass is 16.6. The van der Waals surface area contributed by atoms with Crippen LogP contribution in [0.2, 0.25) is 0 Å². The van der Waals surface area contributed by atoms with Gasteiger partial charge in [-0.3, -0.25) is 10.1 Å². The molecule has 0 saturated heterocycles. The number of benzene rings is 1. The Balaban J connectivity index is 2.12. The van der Waals surface area contributed by atoms with E-state index in [1.54, 1.807) is 12.1 Å². The fraction of sp³-hybridized carbons (Fsp3) is 0.385. The average molecular weight is 232 g/mol. The van der Waals surface area contributed by atoms with Crippen molar-refractivity contribution in [3.8, 4) is 0 Å². The molecule has 1 aromatic carbocycles. The molecule has 0 radical (unpaired) electrons. The van der Waals surface area contributed by atoms with Crippen molar-refractivity contribution >= 4 is 5.69 Å². The number of nitro groups is 1. The molecule has 1 aliphatic carbocycles. The van der Waals surface area contributed by atoms with Crippen LogP contribution < -0.4 is 5.32 Å². The van der Waals surface area contributed by atoms with E-state index >= 15 is 0 Å². The molecule has 0 aliphatic heterocycles. The van der Waals surface area contributed by atoms with E-state index in [9.17, 15) is 10.1 Å². The van der Waals surface area contributed by atoms with Gasteiger partial charge in [0.05, 0.1) is 4.92 Å². The SMILES string of the molecule is CC(NC1CC=CC1)c1ccccc1[N+](=O)[O-]. The Morgan fingerprint density at radius 1 is 1.35 bits per heavy atom. The van der Waals surface area contributed by atoms with Crippen LogP contribution in [0.15, 0.2) is 36.4 Å². The summed E-state index contributed by atoms with van der Waals surface area (Å²) in [4.78, 5) is 10.6. The lowest BCUT2D eigenvalue weighted by molar-refractivity contribution is -0.385. The molecule has 0 fully saturated rings. The van der Waals surface area contributed by atoms with Crippen LogP contribution in [-0.2, 0) is 0 Å². The van der Waals surface area contributed by atoms with Crippen molar-refractivity contribution in [1.82, 2.24) is 5.32 Å². The minimum Gasteiger partial charge on any atom is -0.307 e. The van der Waals surface area contributed by atoms with Crippen molar-refractivity contribution in [3.05, 3.63) is 52.1 Å². The number of nitro benzene ring substituents is 1. The molecule has 0 amide bonds. The molecule has 1 unspecified atom stereocenters. The van der Waals surface area contributed by atoms with E-state index in [2.05, 4.69) is 17.5 Å². The third kappa shape index (κ3) is 2.71. The van der Waals surface area contributed by atoms with Crippen molar-refractivity contribution in [1.29, 1.82) is 0 Å². The Bertz CT molecular complexity index is 435. The van der Waals surface area contributed by atoms with Gasteiger partial charge in [0.1, 0.15) is 0 Å². The lowest BCUT2D eigenvalue weighted by atomic mass is 10.0. The third-order valence-corrected chi connectivity index (χ3v) is 3.09. The second kappa shape index (κ2) is 5.10. The maximum absolute atomic E-state index is 10.9. The number of hydrogen-bond donors (Lipinski definition) is 1. The van der Waals surface area contributed by atoms with Gasteiger partial charge in [-0.05, 0) is 19.8 Å². The maximum Gasteiger partial charge on any atom is 0.274 e. The Morgan fingerprint density at radius 3 is 2.65 bits per heavy atom. The Morgan fingerprint density at radius 2 is 2.00 bits per heavy atom. The highest BCUT2D eigenvalue weighted by Gasteiger charge is 2.20. The molecule has 1 aliphatic rings. The Labute approximate surface area is 100 Å². The van der Waals surface area contributed by atoms with Gasteiger partial charge in [-0.25, -0.2) is 0 Å². The van der Waals surface area contributed by atoms with E-state index in [0.29, 0.717) is 6.04 Å². The zero-order valence-electron chi connectivity index (χ0n) is 9.80. The summed E-state index contributed by atoms with van der Waals surface area (Å²) in [6.07, 6.45) is 6.30. The summed E-state index contributed by atoms with van der Waals surface area (Å²) in [5.74, 6) is 0. The van der Waals surface area contributed by atoms with Crippen molar-refractivity contribution in [2.24, 2.45) is 0 Å². The molecule has 2 rings (SSSR count). The highest BCUT2D eigenvalue weighted by Crippen LogP contribution is 2.25. The molecule has 0 heterocycles. The summed E-state index contributed by atoms with van der Waals surface area (Å²) in [6, 6.07) is 7.32.